The molecule has 6 N–H and O–H groups in total. The van der Waals surface area contributed by atoms with Crippen molar-refractivity contribution in [2.75, 3.05) is 41.9 Å². The maximum absolute atomic E-state index is 13.3. The van der Waals surface area contributed by atoms with E-state index in [1.54, 1.807) is 77.0 Å². The highest BCUT2D eigenvalue weighted by Crippen LogP contribution is 2.38. The van der Waals surface area contributed by atoms with Crippen LogP contribution in [0.2, 0.25) is 0 Å². The zero-order valence-electron chi connectivity index (χ0n) is 31.6. The molecule has 2 aliphatic heterocycles. The van der Waals surface area contributed by atoms with Crippen LogP contribution in [0.15, 0.2) is 90.2 Å². The minimum absolute atomic E-state index is 0.00216. The van der Waals surface area contributed by atoms with Crippen LogP contribution < -0.4 is 31.2 Å². The molecule has 7 rings (SSSR count). The second-order valence-corrected chi connectivity index (χ2v) is 14.1. The maximum atomic E-state index is 13.3. The Labute approximate surface area is 324 Å². The van der Waals surface area contributed by atoms with E-state index < -0.39 is 6.23 Å². The van der Waals surface area contributed by atoms with Crippen molar-refractivity contribution < 1.29 is 29.0 Å². The van der Waals surface area contributed by atoms with Crippen molar-refractivity contribution in [1.29, 1.82) is 0 Å². The van der Waals surface area contributed by atoms with E-state index in [2.05, 4.69) is 20.9 Å². The molecule has 2 atom stereocenters. The van der Waals surface area contributed by atoms with Gasteiger partial charge in [-0.05, 0) is 92.3 Å². The Balaban J connectivity index is 0.897. The van der Waals surface area contributed by atoms with Gasteiger partial charge in [0.25, 0.3) is 17.7 Å². The molecule has 1 saturated heterocycles. The average molecular weight is 759 g/mol. The van der Waals surface area contributed by atoms with E-state index in [1.807, 2.05) is 42.6 Å². The smallest absolute Gasteiger partial charge is 0.272 e. The highest BCUT2D eigenvalue weighted by Gasteiger charge is 2.31. The molecule has 0 bridgehead atoms. The number of methoxy groups -OCH3 is 1. The molecule has 0 radical (unpaired) electrons. The van der Waals surface area contributed by atoms with Crippen molar-refractivity contribution in [3.63, 3.8) is 0 Å². The van der Waals surface area contributed by atoms with Crippen LogP contribution in [-0.2, 0) is 14.1 Å². The lowest BCUT2D eigenvalue weighted by Crippen LogP contribution is -2.43. The molecule has 290 valence electrons. The molecule has 3 amide bonds. The lowest BCUT2D eigenvalue weighted by molar-refractivity contribution is 0.0687. The van der Waals surface area contributed by atoms with E-state index in [0.717, 1.165) is 30.4 Å². The van der Waals surface area contributed by atoms with Crippen molar-refractivity contribution in [2.45, 2.75) is 44.4 Å². The molecule has 5 aromatic rings. The lowest BCUT2D eigenvalue weighted by Gasteiger charge is -2.32. The molecule has 56 heavy (non-hydrogen) atoms. The Kier molecular flexibility index (Phi) is 11.1. The van der Waals surface area contributed by atoms with Gasteiger partial charge in [-0.25, -0.2) is 0 Å². The van der Waals surface area contributed by atoms with Crippen LogP contribution in [-0.4, -0.2) is 75.6 Å². The van der Waals surface area contributed by atoms with Gasteiger partial charge in [-0.2, -0.15) is 0 Å². The van der Waals surface area contributed by atoms with Gasteiger partial charge in [0.15, 0.2) is 11.5 Å². The molecule has 1 unspecified atom stereocenters. The number of anilines is 4. The summed E-state index contributed by atoms with van der Waals surface area (Å²) < 4.78 is 15.0. The number of aliphatic hydroxyl groups excluding tert-OH is 1. The van der Waals surface area contributed by atoms with Gasteiger partial charge in [0, 0.05) is 67.9 Å². The first-order valence-corrected chi connectivity index (χ1v) is 18.6. The number of rotatable bonds is 13. The van der Waals surface area contributed by atoms with Gasteiger partial charge in [0.2, 0.25) is 0 Å². The quantitative estimate of drug-likeness (QED) is 0.0519. The van der Waals surface area contributed by atoms with Gasteiger partial charge in [0.05, 0.1) is 36.7 Å². The SMILES string of the molecule is COc1cc2c(cc1OCCCC(O)Nc1cc(C(=O)Nc3ccc(-c4cc(C(=O)Nc5ccc(N)cc5)n(C)c4)cc3)n(C)c1)N=C[C@@H]1CCCCN1C2=O. The molecular weight excluding hydrogens is 713 g/mol. The fraction of sp³-hybridized carbons (Fsp3) is 0.286. The highest BCUT2D eigenvalue weighted by molar-refractivity contribution is 6.05. The Hall–Kier alpha value is -6.54. The molecule has 4 heterocycles. The number of hydrogen-bond donors (Lipinski definition) is 5. The Morgan fingerprint density at radius 1 is 0.875 bits per heavy atom. The van der Waals surface area contributed by atoms with Gasteiger partial charge in [-0.3, -0.25) is 19.4 Å². The summed E-state index contributed by atoms with van der Waals surface area (Å²) in [5, 5.41) is 19.6. The minimum atomic E-state index is -0.889. The van der Waals surface area contributed by atoms with Crippen molar-refractivity contribution >= 4 is 52.4 Å². The van der Waals surface area contributed by atoms with Gasteiger partial charge in [0.1, 0.15) is 17.6 Å². The predicted molar refractivity (Wildman–Crippen MR) is 217 cm³/mol. The number of carbonyl (C=O) groups is 3. The number of carbonyl (C=O) groups excluding carboxylic acids is 3. The summed E-state index contributed by atoms with van der Waals surface area (Å²) in [4.78, 5) is 45.9. The molecule has 0 saturated carbocycles. The summed E-state index contributed by atoms with van der Waals surface area (Å²) in [6.45, 7) is 1.01. The van der Waals surface area contributed by atoms with Crippen molar-refractivity contribution in [1.82, 2.24) is 14.0 Å². The Bertz CT molecular complexity index is 2260. The van der Waals surface area contributed by atoms with Gasteiger partial charge in [-0.1, -0.05) is 12.1 Å². The standard InChI is InChI=1S/C42H46N8O6/c1-48-24-27(19-35(48)40(52)47-30-15-11-28(43)12-16-30)26-9-13-29(14-10-26)46-41(53)36-20-31(25-49(36)2)45-39(51)8-6-18-56-38-22-34-33(21-37(38)55-3)42(54)50-17-5-4-7-32(50)23-44-34/h9-16,19-25,32,39,45,51H,4-8,17-18,43H2,1-3H3,(H,46,53)(H,47,52)/t32-,39?/m0/s1. The Morgan fingerprint density at radius 2 is 1.55 bits per heavy atom. The zero-order valence-corrected chi connectivity index (χ0v) is 31.6. The fourth-order valence-corrected chi connectivity index (χ4v) is 7.03. The van der Waals surface area contributed by atoms with Crippen molar-refractivity contribution in [3.05, 3.63) is 102 Å². The number of benzene rings is 3. The summed E-state index contributed by atoms with van der Waals surface area (Å²) in [6.07, 6.45) is 8.43. The lowest BCUT2D eigenvalue weighted by atomic mass is 10.0. The van der Waals surface area contributed by atoms with E-state index in [9.17, 15) is 19.5 Å². The molecule has 3 aromatic carbocycles. The van der Waals surface area contributed by atoms with Gasteiger partial charge < -0.3 is 50.3 Å². The number of nitrogens with zero attached hydrogens (tertiary/aromatic N) is 4. The Morgan fingerprint density at radius 3 is 2.27 bits per heavy atom. The van der Waals surface area contributed by atoms with Gasteiger partial charge in [-0.15, -0.1) is 0 Å². The van der Waals surface area contributed by atoms with E-state index in [4.69, 9.17) is 15.2 Å². The first-order chi connectivity index (χ1) is 27.1. The van der Waals surface area contributed by atoms with E-state index in [1.165, 1.54) is 7.11 Å². The van der Waals surface area contributed by atoms with Crippen LogP contribution in [0, 0.1) is 0 Å². The first-order valence-electron chi connectivity index (χ1n) is 18.6. The first kappa shape index (κ1) is 37.8. The molecular formula is C42H46N8O6. The highest BCUT2D eigenvalue weighted by atomic mass is 16.5. The number of nitrogens with two attached hydrogens (primary N) is 1. The molecule has 2 aromatic heterocycles. The van der Waals surface area contributed by atoms with Crippen LogP contribution in [0.4, 0.5) is 28.4 Å². The number of nitrogen functional groups attached to an aromatic ring is 1. The number of nitrogens with one attached hydrogen (secondary N) is 3. The molecule has 0 aliphatic carbocycles. The largest absolute Gasteiger partial charge is 0.493 e. The number of hydrogen-bond acceptors (Lipinski definition) is 9. The minimum Gasteiger partial charge on any atom is -0.493 e. The van der Waals surface area contributed by atoms with Gasteiger partial charge >= 0.3 is 0 Å². The molecule has 0 spiro atoms. The van der Waals surface area contributed by atoms with E-state index >= 15 is 0 Å². The van der Waals surface area contributed by atoms with Crippen molar-refractivity contribution in [2.24, 2.45) is 19.1 Å². The number of amides is 3. The number of fused-ring (bicyclic) bond motifs is 2. The zero-order chi connectivity index (χ0) is 39.3. The van der Waals surface area contributed by atoms with Crippen molar-refractivity contribution in [3.8, 4) is 22.6 Å². The summed E-state index contributed by atoms with van der Waals surface area (Å²) in [5.41, 5.74) is 11.9. The number of piperidine rings is 1. The summed E-state index contributed by atoms with van der Waals surface area (Å²) >= 11 is 0. The third kappa shape index (κ3) is 8.40. The number of aliphatic hydroxyl groups is 1. The maximum Gasteiger partial charge on any atom is 0.272 e. The van der Waals surface area contributed by atoms with Crippen LogP contribution >= 0.6 is 0 Å². The molecule has 1 fully saturated rings. The van der Waals surface area contributed by atoms with Crippen LogP contribution in [0.5, 0.6) is 11.5 Å². The third-order valence-electron chi connectivity index (χ3n) is 10.0. The number of aromatic nitrogens is 2. The summed E-state index contributed by atoms with van der Waals surface area (Å²) in [6, 6.07) is 21.3. The normalized spacial score (nSPS) is 15.3. The second kappa shape index (κ2) is 16.4. The number of ether oxygens (including phenoxy) is 2. The molecule has 14 nitrogen and oxygen atoms in total. The fourth-order valence-electron chi connectivity index (χ4n) is 7.03. The molecule has 2 aliphatic rings. The number of aliphatic imine (C=N–C) groups is 1. The van der Waals surface area contributed by atoms with E-state index in [0.29, 0.717) is 82.9 Å². The molecule has 14 heteroatoms. The summed E-state index contributed by atoms with van der Waals surface area (Å²) in [7, 11) is 5.11. The number of aryl methyl sites for hydroxylation is 2. The summed E-state index contributed by atoms with van der Waals surface area (Å²) in [5.74, 6) is 0.339. The average Bonchev–Trinajstić information content (AvgIpc) is 3.74. The second-order valence-electron chi connectivity index (χ2n) is 14.1. The topological polar surface area (TPSA) is 177 Å². The van der Waals surface area contributed by atoms with E-state index in [-0.39, 0.29) is 23.8 Å². The predicted octanol–water partition coefficient (Wildman–Crippen LogP) is 6.43. The van der Waals surface area contributed by atoms with Crippen LogP contribution in [0.1, 0.15) is 63.4 Å². The monoisotopic (exact) mass is 758 g/mol. The van der Waals surface area contributed by atoms with Crippen LogP contribution in [0.25, 0.3) is 11.1 Å². The van der Waals surface area contributed by atoms with Crippen LogP contribution in [0.3, 0.4) is 0 Å². The third-order valence-corrected chi connectivity index (χ3v) is 10.0.